The number of hydrogen-bond donors (Lipinski definition) is 3. The van der Waals surface area contributed by atoms with Crippen LogP contribution in [0.15, 0.2) is 35.4 Å². The molecular formula is C15H13F3N4O5. The molecule has 1 aliphatic heterocycles. The molecule has 0 aromatic carbocycles. The van der Waals surface area contributed by atoms with Crippen molar-refractivity contribution in [2.24, 2.45) is 0 Å². The molecule has 0 bridgehead atoms. The number of nitrogens with zero attached hydrogens (tertiary/aromatic N) is 3. The first-order valence-corrected chi connectivity index (χ1v) is 7.58. The molecule has 1 saturated heterocycles. The van der Waals surface area contributed by atoms with Crippen molar-refractivity contribution in [3.05, 3.63) is 52.6 Å². The fraction of sp³-hybridized carbons (Fsp3) is 0.333. The van der Waals surface area contributed by atoms with Crippen LogP contribution in [-0.4, -0.2) is 55.4 Å². The topological polar surface area (TPSA) is 127 Å². The van der Waals surface area contributed by atoms with Gasteiger partial charge in [0.05, 0.1) is 12.8 Å². The van der Waals surface area contributed by atoms with Gasteiger partial charge in [0.25, 0.3) is 5.91 Å². The number of pyridine rings is 1. The van der Waals surface area contributed by atoms with E-state index in [1.165, 1.54) is 0 Å². The molecule has 27 heavy (non-hydrogen) atoms. The third kappa shape index (κ3) is 3.54. The van der Waals surface area contributed by atoms with E-state index in [4.69, 9.17) is 9.84 Å². The van der Waals surface area contributed by atoms with Crippen LogP contribution in [0.4, 0.5) is 19.0 Å². The van der Waals surface area contributed by atoms with Gasteiger partial charge in [0.2, 0.25) is 6.23 Å². The Bertz CT molecular complexity index is 905. The van der Waals surface area contributed by atoms with Crippen LogP contribution < -0.4 is 11.0 Å². The van der Waals surface area contributed by atoms with E-state index in [0.29, 0.717) is 4.57 Å². The highest BCUT2D eigenvalue weighted by atomic mass is 19.3. The first-order valence-electron chi connectivity index (χ1n) is 7.58. The van der Waals surface area contributed by atoms with Crippen molar-refractivity contribution >= 4 is 11.7 Å². The van der Waals surface area contributed by atoms with Crippen LogP contribution in [0, 0.1) is 5.82 Å². The quantitative estimate of drug-likeness (QED) is 0.671. The lowest BCUT2D eigenvalue weighted by atomic mass is 10.1. The number of carbonyl (C=O) groups excluding carboxylic acids is 1. The Morgan fingerprint density at radius 2 is 2.11 bits per heavy atom. The summed E-state index contributed by atoms with van der Waals surface area (Å²) >= 11 is 0. The van der Waals surface area contributed by atoms with Crippen LogP contribution in [0.2, 0.25) is 0 Å². The first-order chi connectivity index (χ1) is 12.7. The maximum absolute atomic E-state index is 14.1. The molecule has 0 unspecified atom stereocenters. The summed E-state index contributed by atoms with van der Waals surface area (Å²) in [5.74, 6) is -5.54. The molecule has 3 N–H and O–H groups in total. The first kappa shape index (κ1) is 18.9. The lowest BCUT2D eigenvalue weighted by molar-refractivity contribution is -0.140. The molecule has 0 spiro atoms. The Kier molecular flexibility index (Phi) is 4.95. The Morgan fingerprint density at radius 3 is 2.67 bits per heavy atom. The lowest BCUT2D eigenvalue weighted by Gasteiger charge is -2.21. The van der Waals surface area contributed by atoms with Gasteiger partial charge in [-0.3, -0.25) is 9.36 Å². The molecule has 3 heterocycles. The van der Waals surface area contributed by atoms with Gasteiger partial charge in [-0.15, -0.1) is 0 Å². The highest BCUT2D eigenvalue weighted by Crippen LogP contribution is 2.41. The lowest BCUT2D eigenvalue weighted by Crippen LogP contribution is -2.41. The van der Waals surface area contributed by atoms with E-state index in [1.807, 2.05) is 0 Å². The summed E-state index contributed by atoms with van der Waals surface area (Å²) in [6.07, 6.45) is -4.33. The Labute approximate surface area is 149 Å². The molecule has 0 radical (unpaired) electrons. The summed E-state index contributed by atoms with van der Waals surface area (Å²) in [6, 6.07) is 3.17. The molecule has 0 saturated carbocycles. The van der Waals surface area contributed by atoms with Gasteiger partial charge in [-0.25, -0.2) is 14.2 Å². The monoisotopic (exact) mass is 386 g/mol. The summed E-state index contributed by atoms with van der Waals surface area (Å²) in [6.45, 7) is -0.867. The Balaban J connectivity index is 1.81. The fourth-order valence-corrected chi connectivity index (χ4v) is 2.47. The zero-order valence-corrected chi connectivity index (χ0v) is 13.4. The normalized spacial score (nSPS) is 24.0. The Hall–Kier alpha value is -2.83. The number of carbonyl (C=O) groups is 1. The number of halogens is 3. The fourth-order valence-electron chi connectivity index (χ4n) is 2.47. The Morgan fingerprint density at radius 1 is 1.37 bits per heavy atom. The van der Waals surface area contributed by atoms with Crippen molar-refractivity contribution in [1.82, 2.24) is 14.5 Å². The third-order valence-corrected chi connectivity index (χ3v) is 3.84. The third-order valence-electron chi connectivity index (χ3n) is 3.84. The van der Waals surface area contributed by atoms with Gasteiger partial charge < -0.3 is 20.3 Å². The molecule has 2 aromatic rings. The number of anilines is 1. The van der Waals surface area contributed by atoms with Gasteiger partial charge >= 0.3 is 11.6 Å². The summed E-state index contributed by atoms with van der Waals surface area (Å²) < 4.78 is 46.3. The van der Waals surface area contributed by atoms with Crippen molar-refractivity contribution in [2.75, 3.05) is 11.9 Å². The minimum atomic E-state index is -3.85. The molecule has 1 aliphatic rings. The molecule has 2 aromatic heterocycles. The van der Waals surface area contributed by atoms with Gasteiger partial charge in [0.1, 0.15) is 23.4 Å². The SMILES string of the molecule is O=C(Nc1ccn([C@@H]2O[C@H](CO)[C@@H](O)C2(F)F)c(=O)n1)c1ccc(F)cn1. The number of nitrogens with one attached hydrogen (secondary N) is 1. The van der Waals surface area contributed by atoms with Crippen LogP contribution in [0.3, 0.4) is 0 Å². The van der Waals surface area contributed by atoms with E-state index in [1.54, 1.807) is 0 Å². The number of aliphatic hydroxyl groups is 2. The van der Waals surface area contributed by atoms with Crippen LogP contribution in [0.25, 0.3) is 0 Å². The van der Waals surface area contributed by atoms with E-state index in [0.717, 1.165) is 30.6 Å². The number of aromatic nitrogens is 3. The maximum atomic E-state index is 14.1. The van der Waals surface area contributed by atoms with E-state index < -0.39 is 48.4 Å². The second-order valence-corrected chi connectivity index (χ2v) is 5.65. The van der Waals surface area contributed by atoms with E-state index in [-0.39, 0.29) is 11.5 Å². The standard InChI is InChI=1S/C15H13F3N4O5/c16-7-1-2-8(19-5-7)12(25)20-10-3-4-22(14(26)21-10)13-15(17,18)11(24)9(6-23)27-13/h1-5,9,11,13,23-24H,6H2,(H,20,21,25,26)/t9-,11-,13-/m1/s1. The average Bonchev–Trinajstić information content (AvgIpc) is 2.85. The summed E-state index contributed by atoms with van der Waals surface area (Å²) in [4.78, 5) is 31.0. The number of rotatable bonds is 4. The second-order valence-electron chi connectivity index (χ2n) is 5.65. The van der Waals surface area contributed by atoms with Gasteiger partial charge in [-0.05, 0) is 18.2 Å². The van der Waals surface area contributed by atoms with Crippen molar-refractivity contribution < 1.29 is 32.9 Å². The number of aliphatic hydroxyl groups excluding tert-OH is 2. The van der Waals surface area contributed by atoms with Crippen molar-refractivity contribution in [2.45, 2.75) is 24.4 Å². The number of alkyl halides is 2. The maximum Gasteiger partial charge on any atom is 0.351 e. The van der Waals surface area contributed by atoms with Crippen LogP contribution in [-0.2, 0) is 4.74 Å². The molecule has 3 atom stereocenters. The molecule has 144 valence electrons. The molecule has 1 fully saturated rings. The summed E-state index contributed by atoms with van der Waals surface area (Å²) in [7, 11) is 0. The van der Waals surface area contributed by atoms with Crippen molar-refractivity contribution in [3.8, 4) is 0 Å². The average molecular weight is 386 g/mol. The zero-order chi connectivity index (χ0) is 19.8. The van der Waals surface area contributed by atoms with Crippen LogP contribution >= 0.6 is 0 Å². The van der Waals surface area contributed by atoms with Crippen molar-refractivity contribution in [3.63, 3.8) is 0 Å². The van der Waals surface area contributed by atoms with Crippen molar-refractivity contribution in [1.29, 1.82) is 0 Å². The number of amides is 1. The minimum Gasteiger partial charge on any atom is -0.394 e. The second kappa shape index (κ2) is 7.06. The van der Waals surface area contributed by atoms with Crippen LogP contribution in [0.5, 0.6) is 0 Å². The molecule has 0 aliphatic carbocycles. The van der Waals surface area contributed by atoms with Gasteiger partial charge in [-0.2, -0.15) is 13.8 Å². The number of ether oxygens (including phenoxy) is 1. The largest absolute Gasteiger partial charge is 0.394 e. The van der Waals surface area contributed by atoms with E-state index >= 15 is 0 Å². The predicted octanol–water partition coefficient (Wildman–Crippen LogP) is -0.0844. The van der Waals surface area contributed by atoms with Gasteiger partial charge in [0, 0.05) is 6.20 Å². The minimum absolute atomic E-state index is 0.151. The smallest absolute Gasteiger partial charge is 0.351 e. The molecular weight excluding hydrogens is 373 g/mol. The zero-order valence-electron chi connectivity index (χ0n) is 13.4. The summed E-state index contributed by atoms with van der Waals surface area (Å²) in [5, 5.41) is 20.7. The van der Waals surface area contributed by atoms with E-state index in [9.17, 15) is 27.9 Å². The van der Waals surface area contributed by atoms with Gasteiger partial charge in [0.15, 0.2) is 6.10 Å². The van der Waals surface area contributed by atoms with Gasteiger partial charge in [-0.1, -0.05) is 0 Å². The summed E-state index contributed by atoms with van der Waals surface area (Å²) in [5.41, 5.74) is -1.34. The highest BCUT2D eigenvalue weighted by molar-refractivity contribution is 6.02. The van der Waals surface area contributed by atoms with Crippen LogP contribution in [0.1, 0.15) is 16.7 Å². The highest BCUT2D eigenvalue weighted by Gasteiger charge is 2.59. The molecule has 1 amide bonds. The molecule has 3 rings (SSSR count). The molecule has 9 nitrogen and oxygen atoms in total. The predicted molar refractivity (Wildman–Crippen MR) is 82.6 cm³/mol. The molecule has 12 heteroatoms. The van der Waals surface area contributed by atoms with E-state index in [2.05, 4.69) is 15.3 Å². The number of hydrogen-bond acceptors (Lipinski definition) is 7.